The third kappa shape index (κ3) is 2.81. The number of anilines is 1. The first-order valence-corrected chi connectivity index (χ1v) is 7.17. The summed E-state index contributed by atoms with van der Waals surface area (Å²) in [7, 11) is 1.60. The predicted octanol–water partition coefficient (Wildman–Crippen LogP) is 3.10. The Hall–Kier alpha value is -3.08. The van der Waals surface area contributed by atoms with Gasteiger partial charge >= 0.3 is 6.03 Å². The number of ether oxygens (including phenoxy) is 1. The largest absolute Gasteiger partial charge is 0.497 e. The van der Waals surface area contributed by atoms with E-state index in [0.717, 1.165) is 21.8 Å². The molecule has 1 aliphatic rings. The van der Waals surface area contributed by atoms with E-state index in [2.05, 4.69) is 5.32 Å². The van der Waals surface area contributed by atoms with Crippen molar-refractivity contribution in [2.75, 3.05) is 12.0 Å². The second kappa shape index (κ2) is 5.96. The van der Waals surface area contributed by atoms with Crippen LogP contribution < -0.4 is 15.0 Å². The minimum absolute atomic E-state index is 0.257. The molecule has 0 aliphatic carbocycles. The Kier molecular flexibility index (Phi) is 3.85. The molecule has 1 saturated heterocycles. The van der Waals surface area contributed by atoms with Crippen LogP contribution >= 0.6 is 0 Å². The molecule has 0 aromatic heterocycles. The van der Waals surface area contributed by atoms with E-state index in [1.807, 2.05) is 31.2 Å². The molecule has 0 radical (unpaired) electrons. The van der Waals surface area contributed by atoms with Crippen LogP contribution in [0.25, 0.3) is 6.08 Å². The second-order valence-electron chi connectivity index (χ2n) is 5.19. The highest BCUT2D eigenvalue weighted by molar-refractivity contribution is 6.28. The molecule has 23 heavy (non-hydrogen) atoms. The van der Waals surface area contributed by atoms with Crippen LogP contribution in [-0.2, 0) is 4.79 Å². The van der Waals surface area contributed by atoms with Crippen LogP contribution in [0.3, 0.4) is 0 Å². The normalized spacial score (nSPS) is 15.9. The van der Waals surface area contributed by atoms with Crippen LogP contribution in [0.4, 0.5) is 10.5 Å². The monoisotopic (exact) mass is 308 g/mol. The van der Waals surface area contributed by atoms with Gasteiger partial charge in [-0.15, -0.1) is 0 Å². The summed E-state index contributed by atoms with van der Waals surface area (Å²) < 4.78 is 5.17. The van der Waals surface area contributed by atoms with E-state index in [1.54, 1.807) is 37.5 Å². The number of benzene rings is 2. The van der Waals surface area contributed by atoms with Gasteiger partial charge in [-0.3, -0.25) is 4.79 Å². The van der Waals surface area contributed by atoms with Gasteiger partial charge in [0.1, 0.15) is 11.4 Å². The molecule has 0 bridgehead atoms. The molecule has 1 heterocycles. The van der Waals surface area contributed by atoms with Crippen LogP contribution in [0.1, 0.15) is 11.1 Å². The van der Waals surface area contributed by atoms with E-state index in [0.29, 0.717) is 5.69 Å². The molecule has 0 unspecified atom stereocenters. The summed E-state index contributed by atoms with van der Waals surface area (Å²) in [5.74, 6) is 0.383. The lowest BCUT2D eigenvalue weighted by Gasteiger charge is -2.11. The minimum atomic E-state index is -0.446. The van der Waals surface area contributed by atoms with Crippen molar-refractivity contribution >= 4 is 23.7 Å². The molecular formula is C18H16N2O3. The zero-order chi connectivity index (χ0) is 16.4. The molecule has 0 saturated carbocycles. The van der Waals surface area contributed by atoms with Gasteiger partial charge in [0.05, 0.1) is 12.8 Å². The van der Waals surface area contributed by atoms with Crippen LogP contribution in [-0.4, -0.2) is 19.0 Å². The quantitative estimate of drug-likeness (QED) is 0.700. The summed E-state index contributed by atoms with van der Waals surface area (Å²) in [6, 6.07) is 13.9. The summed E-state index contributed by atoms with van der Waals surface area (Å²) in [5, 5.41) is 2.62. The number of carbonyl (C=O) groups is 2. The van der Waals surface area contributed by atoms with Crippen molar-refractivity contribution in [3.8, 4) is 5.75 Å². The molecule has 3 amide bonds. The first-order chi connectivity index (χ1) is 11.1. The number of imide groups is 1. The molecule has 1 aliphatic heterocycles. The number of methoxy groups -OCH3 is 1. The van der Waals surface area contributed by atoms with Crippen LogP contribution in [0, 0.1) is 6.92 Å². The van der Waals surface area contributed by atoms with Crippen molar-refractivity contribution in [1.82, 2.24) is 5.32 Å². The summed E-state index contributed by atoms with van der Waals surface area (Å²) in [6.45, 7) is 1.92. The van der Waals surface area contributed by atoms with Crippen molar-refractivity contribution in [3.05, 3.63) is 65.4 Å². The van der Waals surface area contributed by atoms with Gasteiger partial charge in [-0.25, -0.2) is 9.69 Å². The molecule has 1 fully saturated rings. The Labute approximate surface area is 134 Å². The third-order valence-corrected chi connectivity index (χ3v) is 3.67. The second-order valence-corrected chi connectivity index (χ2v) is 5.19. The average Bonchev–Trinajstić information content (AvgIpc) is 2.84. The lowest BCUT2D eigenvalue weighted by molar-refractivity contribution is -0.113. The number of aryl methyl sites for hydroxylation is 1. The average molecular weight is 308 g/mol. The van der Waals surface area contributed by atoms with Crippen molar-refractivity contribution in [2.24, 2.45) is 0 Å². The molecule has 5 nitrogen and oxygen atoms in total. The highest BCUT2D eigenvalue weighted by Gasteiger charge is 2.34. The highest BCUT2D eigenvalue weighted by Crippen LogP contribution is 2.24. The highest BCUT2D eigenvalue weighted by atomic mass is 16.5. The van der Waals surface area contributed by atoms with E-state index in [-0.39, 0.29) is 11.6 Å². The summed E-state index contributed by atoms with van der Waals surface area (Å²) in [6.07, 6.45) is 1.68. The van der Waals surface area contributed by atoms with Crippen molar-refractivity contribution < 1.29 is 14.3 Å². The van der Waals surface area contributed by atoms with Gasteiger partial charge in [0.15, 0.2) is 0 Å². The van der Waals surface area contributed by atoms with Gasteiger partial charge in [0.25, 0.3) is 5.91 Å². The van der Waals surface area contributed by atoms with Crippen LogP contribution in [0.5, 0.6) is 5.75 Å². The maximum atomic E-state index is 12.5. The molecule has 1 N–H and O–H groups in total. The van der Waals surface area contributed by atoms with Gasteiger partial charge < -0.3 is 10.1 Å². The molecule has 116 valence electrons. The fourth-order valence-electron chi connectivity index (χ4n) is 2.44. The van der Waals surface area contributed by atoms with Gasteiger partial charge in [-0.05, 0) is 48.4 Å². The molecule has 0 spiro atoms. The van der Waals surface area contributed by atoms with E-state index in [1.165, 1.54) is 0 Å². The van der Waals surface area contributed by atoms with Gasteiger partial charge in [0, 0.05) is 0 Å². The molecule has 0 atom stereocenters. The molecular weight excluding hydrogens is 292 g/mol. The number of nitrogens with zero attached hydrogens (tertiary/aromatic N) is 1. The van der Waals surface area contributed by atoms with Crippen molar-refractivity contribution in [3.63, 3.8) is 0 Å². The van der Waals surface area contributed by atoms with E-state index in [4.69, 9.17) is 4.74 Å². The predicted molar refractivity (Wildman–Crippen MR) is 88.2 cm³/mol. The van der Waals surface area contributed by atoms with Crippen LogP contribution in [0.2, 0.25) is 0 Å². The zero-order valence-corrected chi connectivity index (χ0v) is 12.9. The standard InChI is InChI=1S/C18H16N2O3/c1-12-10-15(23-2)9-8-13(12)11-16-17(21)20(18(22)19-16)14-6-4-3-5-7-14/h3-11H,1-2H3,(H,19,22). The van der Waals surface area contributed by atoms with Crippen molar-refractivity contribution in [1.29, 1.82) is 0 Å². The Morgan fingerprint density at radius 1 is 1.09 bits per heavy atom. The molecule has 3 rings (SSSR count). The minimum Gasteiger partial charge on any atom is -0.497 e. The van der Waals surface area contributed by atoms with E-state index >= 15 is 0 Å². The fourth-order valence-corrected chi connectivity index (χ4v) is 2.44. The van der Waals surface area contributed by atoms with Gasteiger partial charge in [-0.2, -0.15) is 0 Å². The maximum Gasteiger partial charge on any atom is 0.333 e. The number of amides is 3. The molecule has 2 aromatic rings. The zero-order valence-electron chi connectivity index (χ0n) is 12.9. The lowest BCUT2D eigenvalue weighted by atomic mass is 10.1. The van der Waals surface area contributed by atoms with Gasteiger partial charge in [-0.1, -0.05) is 24.3 Å². The smallest absolute Gasteiger partial charge is 0.333 e. The summed E-state index contributed by atoms with van der Waals surface area (Å²) in [5.41, 5.74) is 2.61. The topological polar surface area (TPSA) is 58.6 Å². The Morgan fingerprint density at radius 3 is 2.48 bits per heavy atom. The number of hydrogen-bond acceptors (Lipinski definition) is 3. The molecule has 5 heteroatoms. The fraction of sp³-hybridized carbons (Fsp3) is 0.111. The Morgan fingerprint density at radius 2 is 1.83 bits per heavy atom. The van der Waals surface area contributed by atoms with E-state index in [9.17, 15) is 9.59 Å². The van der Waals surface area contributed by atoms with Crippen molar-refractivity contribution in [2.45, 2.75) is 6.92 Å². The number of carbonyl (C=O) groups excluding carboxylic acids is 2. The number of para-hydroxylation sites is 1. The van der Waals surface area contributed by atoms with Gasteiger partial charge in [0.2, 0.25) is 0 Å². The van der Waals surface area contributed by atoms with Crippen LogP contribution in [0.15, 0.2) is 54.2 Å². The van der Waals surface area contributed by atoms with E-state index < -0.39 is 6.03 Å². The first kappa shape index (κ1) is 14.8. The number of nitrogens with one attached hydrogen (secondary N) is 1. The number of urea groups is 1. The SMILES string of the molecule is COc1ccc(C=C2NC(=O)N(c3ccccc3)C2=O)c(C)c1. The summed E-state index contributed by atoms with van der Waals surface area (Å²) in [4.78, 5) is 25.7. The Balaban J connectivity index is 1.93. The number of rotatable bonds is 3. The maximum absolute atomic E-state index is 12.5. The number of hydrogen-bond donors (Lipinski definition) is 1. The third-order valence-electron chi connectivity index (χ3n) is 3.67. The first-order valence-electron chi connectivity index (χ1n) is 7.17. The lowest BCUT2D eigenvalue weighted by Crippen LogP contribution is -2.30. The summed E-state index contributed by atoms with van der Waals surface area (Å²) >= 11 is 0. The Bertz CT molecular complexity index is 797. The molecule has 2 aromatic carbocycles.